The number of nitrogens with one attached hydrogen (secondary N) is 1. The van der Waals surface area contributed by atoms with E-state index < -0.39 is 0 Å². The molecule has 1 aromatic heterocycles. The fraction of sp³-hybridized carbons (Fsp3) is 0.583. The summed E-state index contributed by atoms with van der Waals surface area (Å²) in [6.45, 7) is 7.32. The van der Waals surface area contributed by atoms with Gasteiger partial charge in [-0.2, -0.15) is 0 Å². The van der Waals surface area contributed by atoms with E-state index in [4.69, 9.17) is 0 Å². The van der Waals surface area contributed by atoms with Crippen LogP contribution in [0.15, 0.2) is 16.7 Å². The maximum Gasteiger partial charge on any atom is 0.128 e. The molecule has 0 aliphatic carbocycles. The number of anilines is 1. The van der Waals surface area contributed by atoms with E-state index in [0.717, 1.165) is 29.9 Å². The molecule has 0 fully saturated rings. The first kappa shape index (κ1) is 13.5. The van der Waals surface area contributed by atoms with Gasteiger partial charge in [-0.3, -0.25) is 0 Å². The summed E-state index contributed by atoms with van der Waals surface area (Å²) >= 11 is 3.46. The second kappa shape index (κ2) is 6.86. The summed E-state index contributed by atoms with van der Waals surface area (Å²) in [5, 5.41) is 3.38. The zero-order valence-corrected chi connectivity index (χ0v) is 11.8. The lowest BCUT2D eigenvalue weighted by Gasteiger charge is -2.19. The molecule has 1 N–H and O–H groups in total. The van der Waals surface area contributed by atoms with Crippen molar-refractivity contribution in [1.29, 1.82) is 0 Å². The molecule has 0 bridgehead atoms. The van der Waals surface area contributed by atoms with Gasteiger partial charge in [0.25, 0.3) is 0 Å². The van der Waals surface area contributed by atoms with Crippen molar-refractivity contribution < 1.29 is 0 Å². The number of hydrogen-bond acceptors (Lipinski definition) is 3. The third kappa shape index (κ3) is 4.10. The molecule has 0 aliphatic rings. The van der Waals surface area contributed by atoms with Gasteiger partial charge in [-0.25, -0.2) is 4.98 Å². The first-order chi connectivity index (χ1) is 7.65. The first-order valence-electron chi connectivity index (χ1n) is 5.69. The minimum Gasteiger partial charge on any atom is -0.358 e. The smallest absolute Gasteiger partial charge is 0.128 e. The van der Waals surface area contributed by atoms with E-state index in [1.165, 1.54) is 12.0 Å². The molecule has 90 valence electrons. The lowest BCUT2D eigenvalue weighted by molar-refractivity contribution is 0.664. The monoisotopic (exact) mass is 285 g/mol. The van der Waals surface area contributed by atoms with E-state index in [9.17, 15) is 0 Å². The van der Waals surface area contributed by atoms with Crippen molar-refractivity contribution in [3.8, 4) is 0 Å². The molecule has 0 atom stereocenters. The van der Waals surface area contributed by atoms with E-state index >= 15 is 0 Å². The van der Waals surface area contributed by atoms with E-state index in [0.29, 0.717) is 0 Å². The quantitative estimate of drug-likeness (QED) is 0.815. The van der Waals surface area contributed by atoms with Gasteiger partial charge in [-0.15, -0.1) is 0 Å². The molecule has 16 heavy (non-hydrogen) atoms. The molecule has 0 saturated carbocycles. The maximum absolute atomic E-state index is 4.39. The van der Waals surface area contributed by atoms with Crippen LogP contribution in [-0.2, 0) is 0 Å². The first-order valence-corrected chi connectivity index (χ1v) is 6.48. The number of likely N-dealkylation sites (N-methyl/N-ethyl adjacent to an activating group) is 1. The van der Waals surface area contributed by atoms with Crippen molar-refractivity contribution in [2.45, 2.75) is 20.3 Å². The molecular weight excluding hydrogens is 266 g/mol. The summed E-state index contributed by atoms with van der Waals surface area (Å²) in [6, 6.07) is 2.10. The average Bonchev–Trinajstić information content (AvgIpc) is 2.28. The van der Waals surface area contributed by atoms with Gasteiger partial charge < -0.3 is 10.2 Å². The highest BCUT2D eigenvalue weighted by Gasteiger charge is 2.03. The maximum atomic E-state index is 4.39. The molecule has 0 amide bonds. The summed E-state index contributed by atoms with van der Waals surface area (Å²) in [6.07, 6.45) is 3.04. The van der Waals surface area contributed by atoms with Crippen molar-refractivity contribution in [1.82, 2.24) is 10.3 Å². The van der Waals surface area contributed by atoms with Crippen LogP contribution in [0.5, 0.6) is 0 Å². The molecule has 0 spiro atoms. The Hall–Kier alpha value is -0.610. The van der Waals surface area contributed by atoms with Gasteiger partial charge in [-0.1, -0.05) is 6.92 Å². The average molecular weight is 286 g/mol. The van der Waals surface area contributed by atoms with Gasteiger partial charge in [-0.05, 0) is 47.4 Å². The fourth-order valence-electron chi connectivity index (χ4n) is 1.40. The number of nitrogens with zero attached hydrogens (tertiary/aromatic N) is 2. The van der Waals surface area contributed by atoms with E-state index in [1.54, 1.807) is 0 Å². The molecule has 0 radical (unpaired) electrons. The van der Waals surface area contributed by atoms with E-state index in [-0.39, 0.29) is 0 Å². The van der Waals surface area contributed by atoms with Crippen LogP contribution in [0.1, 0.15) is 18.9 Å². The summed E-state index contributed by atoms with van der Waals surface area (Å²) < 4.78 is 1.06. The van der Waals surface area contributed by atoms with Gasteiger partial charge >= 0.3 is 0 Å². The predicted molar refractivity (Wildman–Crippen MR) is 73.1 cm³/mol. The van der Waals surface area contributed by atoms with Crippen LogP contribution < -0.4 is 10.2 Å². The normalized spacial score (nSPS) is 10.5. The Morgan fingerprint density at radius 3 is 2.81 bits per heavy atom. The molecule has 0 unspecified atom stereocenters. The highest BCUT2D eigenvalue weighted by molar-refractivity contribution is 9.10. The number of aromatic nitrogens is 1. The Balaban J connectivity index is 2.46. The second-order valence-electron chi connectivity index (χ2n) is 3.96. The van der Waals surface area contributed by atoms with Crippen molar-refractivity contribution >= 4 is 21.7 Å². The van der Waals surface area contributed by atoms with Gasteiger partial charge in [0.05, 0.1) is 0 Å². The molecule has 0 aliphatic heterocycles. The zero-order valence-electron chi connectivity index (χ0n) is 10.3. The topological polar surface area (TPSA) is 28.2 Å². The van der Waals surface area contributed by atoms with Gasteiger partial charge in [0.15, 0.2) is 0 Å². The summed E-state index contributed by atoms with van der Waals surface area (Å²) in [5.74, 6) is 1.03. The summed E-state index contributed by atoms with van der Waals surface area (Å²) in [4.78, 5) is 6.56. The fourth-order valence-corrected chi connectivity index (χ4v) is 1.61. The van der Waals surface area contributed by atoms with Crippen molar-refractivity contribution in [3.63, 3.8) is 0 Å². The lowest BCUT2D eigenvalue weighted by atomic mass is 10.3. The number of aryl methyl sites for hydroxylation is 1. The van der Waals surface area contributed by atoms with E-state index in [2.05, 4.69) is 58.1 Å². The Bertz CT molecular complexity index is 328. The predicted octanol–water partition coefficient (Wildman–Crippen LogP) is 2.59. The Labute approximate surface area is 106 Å². The van der Waals surface area contributed by atoms with Crippen molar-refractivity contribution in [2.24, 2.45) is 0 Å². The third-order valence-electron chi connectivity index (χ3n) is 2.47. The minimum absolute atomic E-state index is 0.980. The van der Waals surface area contributed by atoms with Crippen LogP contribution in [0, 0.1) is 6.92 Å². The standard InChI is InChI=1S/C12H20BrN3/c1-4-5-14-6-7-16(3)12-8-10(2)11(13)9-15-12/h8-9,14H,4-7H2,1-3H3. The molecule has 3 nitrogen and oxygen atoms in total. The Morgan fingerprint density at radius 2 is 2.19 bits per heavy atom. The highest BCUT2D eigenvalue weighted by Crippen LogP contribution is 2.18. The molecule has 0 saturated heterocycles. The third-order valence-corrected chi connectivity index (χ3v) is 3.30. The van der Waals surface area contributed by atoms with Crippen LogP contribution in [0.2, 0.25) is 0 Å². The van der Waals surface area contributed by atoms with Gasteiger partial charge in [0.1, 0.15) is 5.82 Å². The Kier molecular flexibility index (Phi) is 5.77. The molecule has 0 aromatic carbocycles. The molecule has 4 heteroatoms. The summed E-state index contributed by atoms with van der Waals surface area (Å²) in [5.41, 5.74) is 1.22. The zero-order chi connectivity index (χ0) is 12.0. The van der Waals surface area contributed by atoms with Gasteiger partial charge in [0, 0.05) is 30.8 Å². The van der Waals surface area contributed by atoms with Crippen molar-refractivity contribution in [2.75, 3.05) is 31.6 Å². The lowest BCUT2D eigenvalue weighted by Crippen LogP contribution is -2.30. The SMILES string of the molecule is CCCNCCN(C)c1cc(C)c(Br)cn1. The number of rotatable bonds is 6. The number of halogens is 1. The molecule has 1 heterocycles. The van der Waals surface area contributed by atoms with Crippen LogP contribution >= 0.6 is 15.9 Å². The molecular formula is C12H20BrN3. The van der Waals surface area contributed by atoms with Crippen LogP contribution in [0.25, 0.3) is 0 Å². The van der Waals surface area contributed by atoms with Crippen molar-refractivity contribution in [3.05, 3.63) is 22.3 Å². The molecule has 1 rings (SSSR count). The van der Waals surface area contributed by atoms with Gasteiger partial charge in [0.2, 0.25) is 0 Å². The summed E-state index contributed by atoms with van der Waals surface area (Å²) in [7, 11) is 2.07. The van der Waals surface area contributed by atoms with Crippen LogP contribution in [-0.4, -0.2) is 31.7 Å². The number of hydrogen-bond donors (Lipinski definition) is 1. The Morgan fingerprint density at radius 1 is 1.44 bits per heavy atom. The van der Waals surface area contributed by atoms with Crippen LogP contribution in [0.4, 0.5) is 5.82 Å². The van der Waals surface area contributed by atoms with Crippen LogP contribution in [0.3, 0.4) is 0 Å². The highest BCUT2D eigenvalue weighted by atomic mass is 79.9. The largest absolute Gasteiger partial charge is 0.358 e. The minimum atomic E-state index is 0.980. The second-order valence-corrected chi connectivity index (χ2v) is 4.82. The molecule has 1 aromatic rings. The number of pyridine rings is 1. The van der Waals surface area contributed by atoms with E-state index in [1.807, 2.05) is 6.20 Å².